The Kier molecular flexibility index (Phi) is 2.54. The molecule has 0 fully saturated rings. The lowest BCUT2D eigenvalue weighted by molar-refractivity contribution is 0.265. The molecule has 0 aliphatic heterocycles. The molecule has 2 aromatic rings. The molecule has 2 rings (SSSR count). The molecule has 1 atom stereocenters. The zero-order chi connectivity index (χ0) is 10.1. The standard InChI is InChI=1S/C9H10BrN3O/c10-6-1-2-9-12-3-8(7(11)5-14)13(9)4-6/h1-4,7,14H,5,11H2. The second kappa shape index (κ2) is 3.68. The van der Waals surface area contributed by atoms with Crippen LogP contribution in [0.3, 0.4) is 0 Å². The van der Waals surface area contributed by atoms with E-state index in [-0.39, 0.29) is 12.6 Å². The number of fused-ring (bicyclic) bond motifs is 1. The molecule has 0 aromatic carbocycles. The molecule has 2 heterocycles. The quantitative estimate of drug-likeness (QED) is 0.845. The minimum Gasteiger partial charge on any atom is -0.394 e. The monoisotopic (exact) mass is 255 g/mol. The van der Waals surface area contributed by atoms with Crippen LogP contribution in [0, 0.1) is 0 Å². The van der Waals surface area contributed by atoms with Crippen molar-refractivity contribution in [3.8, 4) is 0 Å². The summed E-state index contributed by atoms with van der Waals surface area (Å²) in [6, 6.07) is 3.41. The smallest absolute Gasteiger partial charge is 0.137 e. The zero-order valence-electron chi connectivity index (χ0n) is 7.39. The molecule has 74 valence electrons. The molecule has 0 radical (unpaired) electrons. The summed E-state index contributed by atoms with van der Waals surface area (Å²) >= 11 is 3.37. The van der Waals surface area contributed by atoms with Gasteiger partial charge in [-0.25, -0.2) is 4.98 Å². The van der Waals surface area contributed by atoms with E-state index in [2.05, 4.69) is 20.9 Å². The van der Waals surface area contributed by atoms with Gasteiger partial charge in [-0.1, -0.05) is 0 Å². The van der Waals surface area contributed by atoms with Gasteiger partial charge in [-0.15, -0.1) is 0 Å². The molecule has 5 heteroatoms. The number of nitrogens with two attached hydrogens (primary N) is 1. The summed E-state index contributed by atoms with van der Waals surface area (Å²) in [6.45, 7) is -0.0830. The summed E-state index contributed by atoms with van der Waals surface area (Å²) in [4.78, 5) is 4.18. The van der Waals surface area contributed by atoms with Crippen molar-refractivity contribution in [2.24, 2.45) is 5.73 Å². The summed E-state index contributed by atoms with van der Waals surface area (Å²) in [5.74, 6) is 0. The maximum absolute atomic E-state index is 8.96. The van der Waals surface area contributed by atoms with Crippen molar-refractivity contribution in [2.75, 3.05) is 6.61 Å². The number of hydrogen-bond acceptors (Lipinski definition) is 3. The third-order valence-electron chi connectivity index (χ3n) is 2.07. The normalized spacial score (nSPS) is 13.4. The van der Waals surface area contributed by atoms with Crippen LogP contribution in [0.2, 0.25) is 0 Å². The van der Waals surface area contributed by atoms with Gasteiger partial charge in [0.15, 0.2) is 0 Å². The van der Waals surface area contributed by atoms with Crippen LogP contribution >= 0.6 is 15.9 Å². The number of aliphatic hydroxyl groups is 1. The number of imidazole rings is 1. The summed E-state index contributed by atoms with van der Waals surface area (Å²) in [5.41, 5.74) is 7.36. The molecule has 0 bridgehead atoms. The molecule has 0 amide bonds. The fraction of sp³-hybridized carbons (Fsp3) is 0.222. The average Bonchev–Trinajstić information content (AvgIpc) is 2.59. The molecule has 14 heavy (non-hydrogen) atoms. The number of halogens is 1. The number of pyridine rings is 1. The first-order valence-electron chi connectivity index (χ1n) is 4.21. The van der Waals surface area contributed by atoms with E-state index in [9.17, 15) is 0 Å². The number of nitrogens with zero attached hydrogens (tertiary/aromatic N) is 2. The minimum atomic E-state index is -0.390. The van der Waals surface area contributed by atoms with Crippen LogP contribution in [0.5, 0.6) is 0 Å². The highest BCUT2D eigenvalue weighted by Gasteiger charge is 2.10. The van der Waals surface area contributed by atoms with Crippen LogP contribution in [0.25, 0.3) is 5.65 Å². The highest BCUT2D eigenvalue weighted by Crippen LogP contribution is 2.16. The van der Waals surface area contributed by atoms with Gasteiger partial charge in [-0.3, -0.25) is 0 Å². The third-order valence-corrected chi connectivity index (χ3v) is 2.54. The fourth-order valence-electron chi connectivity index (χ4n) is 1.34. The second-order valence-electron chi connectivity index (χ2n) is 3.05. The van der Waals surface area contributed by atoms with Gasteiger partial charge >= 0.3 is 0 Å². The largest absolute Gasteiger partial charge is 0.394 e. The molecule has 0 saturated carbocycles. The molecule has 2 aromatic heterocycles. The van der Waals surface area contributed by atoms with E-state index in [1.165, 1.54) is 0 Å². The highest BCUT2D eigenvalue weighted by atomic mass is 79.9. The maximum Gasteiger partial charge on any atom is 0.137 e. The minimum absolute atomic E-state index is 0.0830. The number of aromatic nitrogens is 2. The molecular weight excluding hydrogens is 246 g/mol. The van der Waals surface area contributed by atoms with E-state index in [4.69, 9.17) is 10.8 Å². The molecule has 0 aliphatic carbocycles. The molecule has 3 N–H and O–H groups in total. The van der Waals surface area contributed by atoms with Crippen molar-refractivity contribution >= 4 is 21.6 Å². The van der Waals surface area contributed by atoms with Crippen LogP contribution in [0.1, 0.15) is 11.7 Å². The van der Waals surface area contributed by atoms with E-state index >= 15 is 0 Å². The molecule has 0 saturated heterocycles. The van der Waals surface area contributed by atoms with Crippen LogP contribution in [-0.4, -0.2) is 21.1 Å². The van der Waals surface area contributed by atoms with Crippen molar-refractivity contribution in [3.63, 3.8) is 0 Å². The molecule has 0 aliphatic rings. The van der Waals surface area contributed by atoms with Gasteiger partial charge in [0.25, 0.3) is 0 Å². The van der Waals surface area contributed by atoms with E-state index < -0.39 is 0 Å². The first-order chi connectivity index (χ1) is 6.72. The van der Waals surface area contributed by atoms with Crippen LogP contribution in [-0.2, 0) is 0 Å². The molecule has 0 spiro atoms. The van der Waals surface area contributed by atoms with Crippen molar-refractivity contribution in [3.05, 3.63) is 34.7 Å². The topological polar surface area (TPSA) is 63.5 Å². The Morgan fingerprint density at radius 1 is 1.57 bits per heavy atom. The molecular formula is C9H10BrN3O. The van der Waals surface area contributed by atoms with Gasteiger partial charge in [0, 0.05) is 10.7 Å². The average molecular weight is 256 g/mol. The van der Waals surface area contributed by atoms with Crippen LogP contribution in [0.15, 0.2) is 29.0 Å². The molecule has 1 unspecified atom stereocenters. The van der Waals surface area contributed by atoms with Gasteiger partial charge in [-0.2, -0.15) is 0 Å². The van der Waals surface area contributed by atoms with Gasteiger partial charge in [-0.05, 0) is 28.1 Å². The van der Waals surface area contributed by atoms with E-state index in [0.717, 1.165) is 15.8 Å². The van der Waals surface area contributed by atoms with Crippen molar-refractivity contribution in [1.29, 1.82) is 0 Å². The summed E-state index contributed by atoms with van der Waals surface area (Å²) in [6.07, 6.45) is 3.57. The first-order valence-corrected chi connectivity index (χ1v) is 5.00. The van der Waals surface area contributed by atoms with Crippen molar-refractivity contribution in [1.82, 2.24) is 9.38 Å². The number of aliphatic hydroxyl groups excluding tert-OH is 1. The van der Waals surface area contributed by atoms with Crippen molar-refractivity contribution in [2.45, 2.75) is 6.04 Å². The number of rotatable bonds is 2. The Bertz CT molecular complexity index is 454. The zero-order valence-corrected chi connectivity index (χ0v) is 8.98. The predicted molar refractivity (Wildman–Crippen MR) is 56.9 cm³/mol. The van der Waals surface area contributed by atoms with Gasteiger partial charge in [0.2, 0.25) is 0 Å². The van der Waals surface area contributed by atoms with Crippen LogP contribution < -0.4 is 5.73 Å². The number of hydrogen-bond donors (Lipinski definition) is 2. The summed E-state index contributed by atoms with van der Waals surface area (Å²) in [5, 5.41) is 8.96. The maximum atomic E-state index is 8.96. The molecule has 4 nitrogen and oxygen atoms in total. The highest BCUT2D eigenvalue weighted by molar-refractivity contribution is 9.10. The van der Waals surface area contributed by atoms with E-state index in [1.54, 1.807) is 6.20 Å². The lowest BCUT2D eigenvalue weighted by Gasteiger charge is -2.07. The van der Waals surface area contributed by atoms with Gasteiger partial charge in [0.05, 0.1) is 24.5 Å². The van der Waals surface area contributed by atoms with E-state index in [0.29, 0.717) is 0 Å². The Labute approximate surface area is 89.5 Å². The fourth-order valence-corrected chi connectivity index (χ4v) is 1.68. The summed E-state index contributed by atoms with van der Waals surface area (Å²) < 4.78 is 2.82. The Balaban J connectivity index is 2.61. The predicted octanol–water partition coefficient (Wildman–Crippen LogP) is 1.09. The summed E-state index contributed by atoms with van der Waals surface area (Å²) in [7, 11) is 0. The Hall–Kier alpha value is -0.910. The third kappa shape index (κ3) is 1.54. The first kappa shape index (κ1) is 9.64. The van der Waals surface area contributed by atoms with Gasteiger partial charge < -0.3 is 15.2 Å². The van der Waals surface area contributed by atoms with E-state index in [1.807, 2.05) is 22.7 Å². The van der Waals surface area contributed by atoms with Gasteiger partial charge in [0.1, 0.15) is 5.65 Å². The Morgan fingerprint density at radius 2 is 2.36 bits per heavy atom. The van der Waals surface area contributed by atoms with Crippen molar-refractivity contribution < 1.29 is 5.11 Å². The Morgan fingerprint density at radius 3 is 3.07 bits per heavy atom. The SMILES string of the molecule is NC(CO)c1cnc2ccc(Br)cn12. The lowest BCUT2D eigenvalue weighted by Crippen LogP contribution is -2.16. The second-order valence-corrected chi connectivity index (χ2v) is 3.96. The van der Waals surface area contributed by atoms with Crippen LogP contribution in [0.4, 0.5) is 0 Å². The lowest BCUT2D eigenvalue weighted by atomic mass is 10.2.